The third kappa shape index (κ3) is 84.0. The number of guanidine groups is 2. The molecule has 0 radical (unpaired) electrons. The van der Waals surface area contributed by atoms with Gasteiger partial charge in [-0.25, -0.2) is 9.98 Å². The molecule has 0 aliphatic heterocycles. The summed E-state index contributed by atoms with van der Waals surface area (Å²) in [5.74, 6) is 0.0417. The highest BCUT2D eigenvalue weighted by molar-refractivity contribution is 7.80. The van der Waals surface area contributed by atoms with E-state index in [1.165, 1.54) is 0 Å². The molecule has 0 bridgehead atoms. The Hall–Kier alpha value is -1.70. The zero-order valence-corrected chi connectivity index (χ0v) is 12.0. The number of hydrogen-bond acceptors (Lipinski definition) is 5. The van der Waals surface area contributed by atoms with E-state index >= 15 is 0 Å². The van der Waals surface area contributed by atoms with Crippen LogP contribution in [0.25, 0.3) is 0 Å². The summed E-state index contributed by atoms with van der Waals surface area (Å²) in [5.41, 5.74) is 29.5. The second kappa shape index (κ2) is 16.3. The molecule has 112 valence electrons. The fourth-order valence-electron chi connectivity index (χ4n) is 0.285. The third-order valence-electron chi connectivity index (χ3n) is 0.535. The molecule has 0 saturated heterocycles. The van der Waals surface area contributed by atoms with E-state index in [0.717, 1.165) is 0 Å². The van der Waals surface area contributed by atoms with Gasteiger partial charge in [0.25, 0.3) is 18.5 Å². The lowest BCUT2D eigenvalue weighted by Gasteiger charge is -1.80. The molecule has 0 saturated carbocycles. The summed E-state index contributed by atoms with van der Waals surface area (Å²) in [5, 5.41) is 0.167. The predicted molar refractivity (Wildman–Crippen MR) is 73.5 cm³/mol. The van der Waals surface area contributed by atoms with Gasteiger partial charge in [0, 0.05) is 0 Å². The van der Waals surface area contributed by atoms with Gasteiger partial charge >= 0.3 is 11.9 Å². The monoisotopic (exact) mass is 335 g/mol. The maximum absolute atomic E-state index is 8.48. The van der Waals surface area contributed by atoms with Gasteiger partial charge in [0.2, 0.25) is 0 Å². The molecule has 12 nitrogen and oxygen atoms in total. The molecule has 0 fully saturated rings. The number of rotatable bonds is 0. The molecule has 0 spiro atoms. The molecule has 0 atom stereocenters. The van der Waals surface area contributed by atoms with E-state index in [4.69, 9.17) is 48.8 Å². The summed E-state index contributed by atoms with van der Waals surface area (Å²) < 4.78 is 8.48. The lowest BCUT2D eigenvalue weighted by atomic mass is 11.0. The van der Waals surface area contributed by atoms with Gasteiger partial charge in [0.1, 0.15) is 0 Å². The van der Waals surface area contributed by atoms with Gasteiger partial charge in [0.05, 0.1) is 0 Å². The van der Waals surface area contributed by atoms with Crippen molar-refractivity contribution in [1.82, 2.24) is 0 Å². The lowest BCUT2D eigenvalue weighted by Crippen LogP contribution is -2.83. The van der Waals surface area contributed by atoms with Crippen LogP contribution in [-0.4, -0.2) is 27.6 Å². The van der Waals surface area contributed by atoms with Crippen LogP contribution in [0.4, 0.5) is 0 Å². The Morgan fingerprint density at radius 2 is 1.00 bits per heavy atom. The Kier molecular flexibility index (Phi) is 22.3. The first kappa shape index (κ1) is 26.0. The van der Waals surface area contributed by atoms with Crippen LogP contribution < -0.4 is 54.2 Å². The van der Waals surface area contributed by atoms with Gasteiger partial charge in [-0.3, -0.25) is 0 Å². The molecular formula is C4H16N8O4PS2+. The van der Waals surface area contributed by atoms with E-state index < -0.39 is 8.25 Å². The van der Waals surface area contributed by atoms with Crippen molar-refractivity contribution in [3.63, 3.8) is 0 Å². The normalized spacial score (nSPS) is 6.84. The molecule has 16 N–H and O–H groups in total. The average molecular weight is 335 g/mol. The minimum atomic E-state index is -3.37. The molecule has 0 unspecified atom stereocenters. The van der Waals surface area contributed by atoms with Crippen LogP contribution in [0.15, 0.2) is 0 Å². The first-order valence-electron chi connectivity index (χ1n) is 3.69. The van der Waals surface area contributed by atoms with Crippen LogP contribution in [0.2, 0.25) is 0 Å². The van der Waals surface area contributed by atoms with Crippen LogP contribution in [-0.2, 0) is 4.57 Å². The second-order valence-corrected chi connectivity index (χ2v) is 3.44. The van der Waals surface area contributed by atoms with Gasteiger partial charge in [-0.15, -0.1) is 0 Å². The van der Waals surface area contributed by atoms with Crippen molar-refractivity contribution in [1.29, 1.82) is 0 Å². The number of thiocarbonyl (C=S) groups is 2. The Bertz CT molecular complexity index is 321. The molecular weight excluding hydrogens is 319 g/mol. The fraction of sp³-hybridized carbons (Fsp3) is 0. The van der Waals surface area contributed by atoms with Crippen molar-refractivity contribution >= 4 is 54.8 Å². The Morgan fingerprint density at radius 1 is 0.842 bits per heavy atom. The zero-order valence-electron chi connectivity index (χ0n) is 9.45. The molecule has 0 aromatic rings. The topological polar surface area (TPSA) is 279 Å². The first-order chi connectivity index (χ1) is 7.98. The molecule has 0 amide bonds. The molecule has 0 aromatic carbocycles. The second-order valence-electron chi connectivity index (χ2n) is 2.11. The Morgan fingerprint density at radius 3 is 1.00 bits per heavy atom. The van der Waals surface area contributed by atoms with Gasteiger partial charge in [-0.2, -0.15) is 0 Å². The standard InChI is InChI=1S/2C2H6N4S.HO3P.H2O/c2*3-1(4)6-2(5)7;1-4(2)3;/h2*(H6,3,4,5,6,7);(H,1,2,3);1H2/p+1. The van der Waals surface area contributed by atoms with E-state index in [1.54, 1.807) is 0 Å². The number of hydrogen-bond donors (Lipinski definition) is 8. The van der Waals surface area contributed by atoms with Crippen LogP contribution in [0.1, 0.15) is 0 Å². The number of nitrogens with one attached hydrogen (secondary N) is 2. The molecule has 15 heteroatoms. The Labute approximate surface area is 119 Å². The van der Waals surface area contributed by atoms with Crippen molar-refractivity contribution < 1.29 is 29.8 Å². The quantitative estimate of drug-likeness (QED) is 0.0889. The smallest absolute Gasteiger partial charge is 0.303 e. The fourth-order valence-corrected chi connectivity index (χ4v) is 0.520. The van der Waals surface area contributed by atoms with Crippen LogP contribution in [0.3, 0.4) is 0 Å². The average Bonchev–Trinajstić information content (AvgIpc) is 1.96. The largest absolute Gasteiger partial charge is 0.598 e. The van der Waals surface area contributed by atoms with Crippen molar-refractivity contribution in [2.75, 3.05) is 0 Å². The summed E-state index contributed by atoms with van der Waals surface area (Å²) in [6, 6.07) is 0. The van der Waals surface area contributed by atoms with Gasteiger partial charge in [-0.05, 0) is 24.4 Å². The third-order valence-corrected chi connectivity index (χ3v) is 0.739. The van der Waals surface area contributed by atoms with Crippen molar-refractivity contribution in [3.05, 3.63) is 0 Å². The van der Waals surface area contributed by atoms with E-state index in [0.29, 0.717) is 0 Å². The summed E-state index contributed by atoms with van der Waals surface area (Å²) in [6.45, 7) is 0. The summed E-state index contributed by atoms with van der Waals surface area (Å²) in [4.78, 5) is 21.5. The van der Waals surface area contributed by atoms with Gasteiger partial charge in [-0.1, -0.05) is 4.57 Å². The molecule has 0 aromatic heterocycles. The SMILES string of the molecule is NC(=S)[NH+]=C(N)N.NC(=S)[NH+]=C(N)N.O.O=[P+]([O-])[O-]. The van der Waals surface area contributed by atoms with E-state index in [2.05, 4.69) is 34.4 Å². The van der Waals surface area contributed by atoms with Gasteiger partial charge < -0.3 is 49.7 Å². The zero-order chi connectivity index (χ0) is 15.3. The predicted octanol–water partition coefficient (Wildman–Crippen LogP) is -9.29. The van der Waals surface area contributed by atoms with Gasteiger partial charge in [0.15, 0.2) is 0 Å². The summed E-state index contributed by atoms with van der Waals surface area (Å²) in [7, 11) is -3.37. The maximum atomic E-state index is 8.48. The van der Waals surface area contributed by atoms with Crippen molar-refractivity contribution in [2.45, 2.75) is 0 Å². The molecule has 0 rings (SSSR count). The Balaban J connectivity index is -0.0000000900. The summed E-state index contributed by atoms with van der Waals surface area (Å²) >= 11 is 8.72. The minimum absolute atomic E-state index is 0. The van der Waals surface area contributed by atoms with E-state index in [9.17, 15) is 0 Å². The maximum Gasteiger partial charge on any atom is 0.303 e. The van der Waals surface area contributed by atoms with Crippen molar-refractivity contribution in [3.8, 4) is 0 Å². The minimum Gasteiger partial charge on any atom is -0.598 e. The molecule has 0 heterocycles. The molecule has 19 heavy (non-hydrogen) atoms. The lowest BCUT2D eigenvalue weighted by molar-refractivity contribution is -0.316. The summed E-state index contributed by atoms with van der Waals surface area (Å²) in [6.07, 6.45) is 0. The molecule has 0 aliphatic carbocycles. The highest BCUT2D eigenvalue weighted by atomic mass is 32.1. The van der Waals surface area contributed by atoms with Crippen LogP contribution in [0.5, 0.6) is 0 Å². The van der Waals surface area contributed by atoms with Crippen molar-refractivity contribution in [2.24, 2.45) is 34.4 Å². The highest BCUT2D eigenvalue weighted by Gasteiger charge is 1.83. The number of nitrogens with two attached hydrogens (primary N) is 6. The first-order valence-corrected chi connectivity index (χ1v) is 5.60. The van der Waals surface area contributed by atoms with E-state index in [-0.39, 0.29) is 27.6 Å². The highest BCUT2D eigenvalue weighted by Crippen LogP contribution is 1.79. The van der Waals surface area contributed by atoms with Crippen LogP contribution >= 0.6 is 32.7 Å². The molecule has 0 aliphatic rings. The van der Waals surface area contributed by atoms with Crippen LogP contribution in [0, 0.1) is 0 Å². The van der Waals surface area contributed by atoms with E-state index in [1.807, 2.05) is 0 Å².